The lowest BCUT2D eigenvalue weighted by Crippen LogP contribution is -2.25. The van der Waals surface area contributed by atoms with Crippen molar-refractivity contribution in [3.8, 4) is 0 Å². The number of furan rings is 2. The number of hydrogen-bond acceptors (Lipinski definition) is 7. The van der Waals surface area contributed by atoms with Crippen LogP contribution in [0.5, 0.6) is 0 Å². The molecule has 29 heavy (non-hydrogen) atoms. The van der Waals surface area contributed by atoms with E-state index in [-0.39, 0.29) is 18.8 Å². The average molecular weight is 430 g/mol. The zero-order valence-electron chi connectivity index (χ0n) is 14.5. The Morgan fingerprint density at radius 3 is 1.97 bits per heavy atom. The molecule has 0 bridgehead atoms. The number of sulfone groups is 1. The average Bonchev–Trinajstić information content (AvgIpc) is 3.33. The molecule has 0 saturated heterocycles. The van der Waals surface area contributed by atoms with E-state index in [4.69, 9.17) is 8.83 Å². The maximum atomic E-state index is 12.8. The van der Waals surface area contributed by atoms with Crippen molar-refractivity contribution in [3.63, 3.8) is 0 Å². The summed E-state index contributed by atoms with van der Waals surface area (Å²) in [5.74, 6) is 0.857. The predicted molar refractivity (Wildman–Crippen MR) is 93.6 cm³/mol. The fourth-order valence-electron chi connectivity index (χ4n) is 2.63. The van der Waals surface area contributed by atoms with Crippen LogP contribution in [0.4, 0.5) is 24.5 Å². The fourth-order valence-corrected chi connectivity index (χ4v) is 3.41. The summed E-state index contributed by atoms with van der Waals surface area (Å²) in [5.41, 5.74) is -6.47. The number of nitrogens with zero attached hydrogens (tertiary/aromatic N) is 2. The highest BCUT2D eigenvalue weighted by Crippen LogP contribution is 2.37. The molecule has 0 radical (unpaired) electrons. The van der Waals surface area contributed by atoms with E-state index in [0.717, 1.165) is 6.07 Å². The van der Waals surface area contributed by atoms with Gasteiger partial charge in [0.2, 0.25) is 0 Å². The molecule has 2 heterocycles. The molecule has 0 N–H and O–H groups in total. The number of nitro benzene ring substituents is 1. The van der Waals surface area contributed by atoms with E-state index in [0.29, 0.717) is 23.7 Å². The van der Waals surface area contributed by atoms with Crippen LogP contribution in [0, 0.1) is 10.1 Å². The van der Waals surface area contributed by atoms with Crippen molar-refractivity contribution in [2.45, 2.75) is 23.5 Å². The molecule has 0 saturated carbocycles. The Bertz CT molecular complexity index is 1060. The molecule has 0 atom stereocenters. The van der Waals surface area contributed by atoms with E-state index in [2.05, 4.69) is 0 Å². The van der Waals surface area contributed by atoms with Gasteiger partial charge in [0.05, 0.1) is 35.4 Å². The topological polar surface area (TPSA) is 107 Å². The number of nitro groups is 1. The number of rotatable bonds is 7. The quantitative estimate of drug-likeness (QED) is 0.407. The molecular weight excluding hydrogens is 417 g/mol. The smallest absolute Gasteiger partial charge is 0.467 e. The van der Waals surface area contributed by atoms with Crippen molar-refractivity contribution in [2.24, 2.45) is 0 Å². The first-order valence-corrected chi connectivity index (χ1v) is 9.47. The third kappa shape index (κ3) is 4.26. The van der Waals surface area contributed by atoms with Crippen molar-refractivity contribution in [1.29, 1.82) is 0 Å². The second kappa shape index (κ2) is 7.62. The van der Waals surface area contributed by atoms with Crippen LogP contribution in [0.25, 0.3) is 0 Å². The van der Waals surface area contributed by atoms with Crippen LogP contribution < -0.4 is 4.90 Å². The second-order valence-corrected chi connectivity index (χ2v) is 7.81. The Kier molecular flexibility index (Phi) is 5.38. The zero-order valence-corrected chi connectivity index (χ0v) is 15.3. The summed E-state index contributed by atoms with van der Waals surface area (Å²) < 4.78 is 72.2. The maximum absolute atomic E-state index is 12.8. The minimum absolute atomic E-state index is 0.0277. The van der Waals surface area contributed by atoms with Gasteiger partial charge >= 0.3 is 5.51 Å². The van der Waals surface area contributed by atoms with Gasteiger partial charge in [0, 0.05) is 6.07 Å². The Morgan fingerprint density at radius 1 is 1.00 bits per heavy atom. The molecule has 0 aliphatic rings. The number of alkyl halides is 3. The van der Waals surface area contributed by atoms with Gasteiger partial charge in [-0.2, -0.15) is 13.2 Å². The first-order chi connectivity index (χ1) is 13.6. The van der Waals surface area contributed by atoms with Crippen molar-refractivity contribution in [1.82, 2.24) is 0 Å². The standard InChI is InChI=1S/C17H13F3N2O6S/c18-17(19,20)29(25,26)14-5-6-15(16(9-14)22(23)24)21(10-12-3-1-7-27-12)11-13-4-2-8-28-13/h1-9H,10-11H2. The third-order valence-corrected chi connectivity index (χ3v) is 5.44. The van der Waals surface area contributed by atoms with E-state index in [1.165, 1.54) is 17.4 Å². The van der Waals surface area contributed by atoms with Gasteiger partial charge in [-0.1, -0.05) is 0 Å². The number of benzene rings is 1. The monoisotopic (exact) mass is 430 g/mol. The molecule has 0 unspecified atom stereocenters. The summed E-state index contributed by atoms with van der Waals surface area (Å²) in [6.07, 6.45) is 2.79. The minimum atomic E-state index is -5.73. The van der Waals surface area contributed by atoms with Crippen LogP contribution in [-0.4, -0.2) is 18.8 Å². The first-order valence-electron chi connectivity index (χ1n) is 7.99. The summed E-state index contributed by atoms with van der Waals surface area (Å²) in [4.78, 5) is 10.8. The largest absolute Gasteiger partial charge is 0.501 e. The zero-order chi connectivity index (χ0) is 21.2. The lowest BCUT2D eigenvalue weighted by molar-refractivity contribution is -0.384. The van der Waals surface area contributed by atoms with Crippen molar-refractivity contribution in [2.75, 3.05) is 4.90 Å². The van der Waals surface area contributed by atoms with Gasteiger partial charge in [0.15, 0.2) is 0 Å². The van der Waals surface area contributed by atoms with Crippen molar-refractivity contribution >= 4 is 21.2 Å². The summed E-state index contributed by atoms with van der Waals surface area (Å²) in [7, 11) is -5.73. The maximum Gasteiger partial charge on any atom is 0.501 e. The highest BCUT2D eigenvalue weighted by molar-refractivity contribution is 7.92. The summed E-state index contributed by atoms with van der Waals surface area (Å²) in [5, 5.41) is 11.5. The molecule has 3 aromatic rings. The van der Waals surface area contributed by atoms with Gasteiger partial charge in [-0.3, -0.25) is 10.1 Å². The van der Waals surface area contributed by atoms with Gasteiger partial charge in [0.25, 0.3) is 15.5 Å². The van der Waals surface area contributed by atoms with Crippen LogP contribution in [0.15, 0.2) is 68.7 Å². The highest BCUT2D eigenvalue weighted by Gasteiger charge is 2.47. The molecule has 0 spiro atoms. The molecule has 3 rings (SSSR count). The molecule has 0 aliphatic carbocycles. The lowest BCUT2D eigenvalue weighted by Gasteiger charge is -2.23. The second-order valence-electron chi connectivity index (χ2n) is 5.87. The van der Waals surface area contributed by atoms with Gasteiger partial charge in [0.1, 0.15) is 17.2 Å². The van der Waals surface area contributed by atoms with Gasteiger partial charge in [-0.25, -0.2) is 8.42 Å². The number of anilines is 1. The van der Waals surface area contributed by atoms with Crippen LogP contribution in [-0.2, 0) is 22.9 Å². The lowest BCUT2D eigenvalue weighted by atomic mass is 10.2. The number of halogens is 3. The Labute approximate surface area is 162 Å². The van der Waals surface area contributed by atoms with Crippen molar-refractivity contribution < 1.29 is 35.3 Å². The van der Waals surface area contributed by atoms with E-state index >= 15 is 0 Å². The van der Waals surface area contributed by atoms with Crippen molar-refractivity contribution in [3.05, 3.63) is 76.6 Å². The summed E-state index contributed by atoms with van der Waals surface area (Å²) in [6, 6.07) is 8.48. The van der Waals surface area contributed by atoms with Gasteiger partial charge in [-0.05, 0) is 36.4 Å². The Hall–Kier alpha value is -3.28. The molecule has 0 aliphatic heterocycles. The SMILES string of the molecule is O=[N+]([O-])c1cc(S(=O)(=O)C(F)(F)F)ccc1N(Cc1ccco1)Cc1ccco1. The summed E-state index contributed by atoms with van der Waals surface area (Å²) >= 11 is 0. The predicted octanol–water partition coefficient (Wildman–Crippen LogP) is 4.28. The third-order valence-electron chi connectivity index (χ3n) is 3.95. The first kappa shape index (κ1) is 20.5. The Morgan fingerprint density at radius 2 is 1.55 bits per heavy atom. The van der Waals surface area contributed by atoms with Crippen LogP contribution in [0.1, 0.15) is 11.5 Å². The van der Waals surface area contributed by atoms with Gasteiger partial charge in [-0.15, -0.1) is 0 Å². The van der Waals surface area contributed by atoms with E-state index in [9.17, 15) is 31.7 Å². The highest BCUT2D eigenvalue weighted by atomic mass is 32.2. The fraction of sp³-hybridized carbons (Fsp3) is 0.176. The van der Waals surface area contributed by atoms with Gasteiger partial charge < -0.3 is 13.7 Å². The van der Waals surface area contributed by atoms with Crippen LogP contribution >= 0.6 is 0 Å². The normalized spacial score (nSPS) is 12.1. The van der Waals surface area contributed by atoms with E-state index in [1.807, 2.05) is 0 Å². The molecule has 8 nitrogen and oxygen atoms in total. The molecule has 154 valence electrons. The number of hydrogen-bond donors (Lipinski definition) is 0. The van der Waals surface area contributed by atoms with Crippen LogP contribution in [0.3, 0.4) is 0 Å². The molecular formula is C17H13F3N2O6S. The van der Waals surface area contributed by atoms with E-state index < -0.39 is 30.9 Å². The van der Waals surface area contributed by atoms with Crippen LogP contribution in [0.2, 0.25) is 0 Å². The summed E-state index contributed by atoms with van der Waals surface area (Å²) in [6.45, 7) is 0.0554. The minimum Gasteiger partial charge on any atom is -0.467 e. The Balaban J connectivity index is 2.08. The molecule has 1 aromatic carbocycles. The van der Waals surface area contributed by atoms with E-state index in [1.54, 1.807) is 24.3 Å². The molecule has 0 fully saturated rings. The molecule has 0 amide bonds. The molecule has 2 aromatic heterocycles. The molecule has 12 heteroatoms.